The van der Waals surface area contributed by atoms with E-state index in [1.807, 2.05) is 61.5 Å². The van der Waals surface area contributed by atoms with Crippen molar-refractivity contribution in [2.75, 3.05) is 6.61 Å². The van der Waals surface area contributed by atoms with Crippen LogP contribution >= 0.6 is 0 Å². The van der Waals surface area contributed by atoms with Crippen LogP contribution < -0.4 is 0 Å². The lowest BCUT2D eigenvalue weighted by molar-refractivity contribution is -0.137. The van der Waals surface area contributed by atoms with E-state index in [0.29, 0.717) is 6.61 Å². The number of benzene rings is 3. The third-order valence-corrected chi connectivity index (χ3v) is 4.65. The Morgan fingerprint density at radius 1 is 0.893 bits per heavy atom. The first kappa shape index (κ1) is 17.8. The molecule has 138 valence electrons. The van der Waals surface area contributed by atoms with Gasteiger partial charge in [-0.05, 0) is 36.8 Å². The van der Waals surface area contributed by atoms with Crippen LogP contribution in [0.1, 0.15) is 12.5 Å². The molecule has 0 bridgehead atoms. The molecule has 0 radical (unpaired) electrons. The lowest BCUT2D eigenvalue weighted by atomic mass is 10.0. The Labute approximate surface area is 164 Å². The van der Waals surface area contributed by atoms with Gasteiger partial charge in [0.25, 0.3) is 0 Å². The van der Waals surface area contributed by atoms with Crippen molar-refractivity contribution in [3.05, 3.63) is 96.6 Å². The van der Waals surface area contributed by atoms with Crippen molar-refractivity contribution in [1.82, 2.24) is 4.57 Å². The van der Waals surface area contributed by atoms with Gasteiger partial charge in [0.15, 0.2) is 0 Å². The number of hydrogen-bond acceptors (Lipinski definition) is 2. The van der Waals surface area contributed by atoms with Crippen LogP contribution in [0.15, 0.2) is 91.0 Å². The number of esters is 1. The monoisotopic (exact) mass is 367 g/mol. The molecule has 0 N–H and O–H groups in total. The van der Waals surface area contributed by atoms with Gasteiger partial charge in [0.05, 0.1) is 17.8 Å². The normalized spacial score (nSPS) is 11.2. The molecule has 0 saturated carbocycles. The molecule has 3 heteroatoms. The molecule has 1 heterocycles. The van der Waals surface area contributed by atoms with Gasteiger partial charge in [-0.2, -0.15) is 0 Å². The summed E-state index contributed by atoms with van der Waals surface area (Å²) in [5, 5.41) is 1.09. The van der Waals surface area contributed by atoms with Crippen LogP contribution in [0, 0.1) is 0 Å². The number of fused-ring (bicyclic) bond motifs is 1. The average molecular weight is 367 g/mol. The molecule has 0 amide bonds. The van der Waals surface area contributed by atoms with Crippen LogP contribution in [0.2, 0.25) is 0 Å². The quantitative estimate of drug-likeness (QED) is 0.326. The third kappa shape index (κ3) is 3.35. The minimum atomic E-state index is -0.335. The topological polar surface area (TPSA) is 31.2 Å². The van der Waals surface area contributed by atoms with Gasteiger partial charge in [-0.15, -0.1) is 0 Å². The van der Waals surface area contributed by atoms with E-state index in [-0.39, 0.29) is 5.97 Å². The molecule has 3 nitrogen and oxygen atoms in total. The van der Waals surface area contributed by atoms with Crippen LogP contribution in [-0.2, 0) is 9.53 Å². The van der Waals surface area contributed by atoms with E-state index in [1.54, 1.807) is 0 Å². The van der Waals surface area contributed by atoms with E-state index in [9.17, 15) is 4.79 Å². The number of para-hydroxylation sites is 2. The Balaban J connectivity index is 2.03. The molecule has 0 saturated heterocycles. The fourth-order valence-electron chi connectivity index (χ4n) is 3.50. The van der Waals surface area contributed by atoms with Crippen molar-refractivity contribution in [3.63, 3.8) is 0 Å². The summed E-state index contributed by atoms with van der Waals surface area (Å²) in [7, 11) is 0. The predicted molar refractivity (Wildman–Crippen MR) is 114 cm³/mol. The Kier molecular flexibility index (Phi) is 5.07. The highest BCUT2D eigenvalue weighted by molar-refractivity contribution is 6.01. The van der Waals surface area contributed by atoms with Crippen molar-refractivity contribution in [2.24, 2.45) is 0 Å². The number of carbonyl (C=O) groups excluding carboxylic acids is 1. The number of ether oxygens (including phenoxy) is 1. The van der Waals surface area contributed by atoms with Gasteiger partial charge in [0.2, 0.25) is 0 Å². The largest absolute Gasteiger partial charge is 0.463 e. The molecule has 0 atom stereocenters. The Morgan fingerprint density at radius 2 is 1.54 bits per heavy atom. The fourth-order valence-corrected chi connectivity index (χ4v) is 3.50. The molecule has 0 unspecified atom stereocenters. The van der Waals surface area contributed by atoms with E-state index in [0.717, 1.165) is 33.4 Å². The zero-order valence-corrected chi connectivity index (χ0v) is 15.7. The molecule has 0 spiro atoms. The highest BCUT2D eigenvalue weighted by Gasteiger charge is 2.18. The number of rotatable bonds is 5. The van der Waals surface area contributed by atoms with E-state index in [1.165, 1.54) is 6.08 Å². The molecule has 0 aliphatic rings. The highest BCUT2D eigenvalue weighted by atomic mass is 16.5. The van der Waals surface area contributed by atoms with Crippen molar-refractivity contribution in [3.8, 4) is 16.9 Å². The molecular formula is C25H21NO2. The molecule has 4 aromatic rings. The van der Waals surface area contributed by atoms with Gasteiger partial charge in [0, 0.05) is 22.7 Å². The maximum Gasteiger partial charge on any atom is 0.330 e. The van der Waals surface area contributed by atoms with Crippen molar-refractivity contribution in [1.29, 1.82) is 0 Å². The van der Waals surface area contributed by atoms with Gasteiger partial charge >= 0.3 is 5.97 Å². The molecular weight excluding hydrogens is 346 g/mol. The first-order valence-corrected chi connectivity index (χ1v) is 9.38. The molecule has 0 aliphatic carbocycles. The highest BCUT2D eigenvalue weighted by Crippen LogP contribution is 2.37. The fraction of sp³-hybridized carbons (Fsp3) is 0.0800. The molecule has 28 heavy (non-hydrogen) atoms. The maximum atomic E-state index is 12.0. The summed E-state index contributed by atoms with van der Waals surface area (Å²) in [5.41, 5.74) is 5.31. The second-order valence-electron chi connectivity index (χ2n) is 6.40. The lowest BCUT2D eigenvalue weighted by Crippen LogP contribution is -1.99. The van der Waals surface area contributed by atoms with Crippen molar-refractivity contribution < 1.29 is 9.53 Å². The van der Waals surface area contributed by atoms with Crippen LogP contribution in [0.25, 0.3) is 33.9 Å². The van der Waals surface area contributed by atoms with Crippen LogP contribution in [0.5, 0.6) is 0 Å². The third-order valence-electron chi connectivity index (χ3n) is 4.65. The lowest BCUT2D eigenvalue weighted by Gasteiger charge is -2.12. The van der Waals surface area contributed by atoms with Gasteiger partial charge in [-0.3, -0.25) is 0 Å². The zero-order chi connectivity index (χ0) is 19.3. The zero-order valence-electron chi connectivity index (χ0n) is 15.7. The van der Waals surface area contributed by atoms with E-state index in [2.05, 4.69) is 41.0 Å². The van der Waals surface area contributed by atoms with Crippen LogP contribution in [-0.4, -0.2) is 17.1 Å². The minimum Gasteiger partial charge on any atom is -0.463 e. The van der Waals surface area contributed by atoms with E-state index < -0.39 is 0 Å². The number of nitrogens with zero attached hydrogens (tertiary/aromatic N) is 1. The van der Waals surface area contributed by atoms with E-state index in [4.69, 9.17) is 4.74 Å². The summed E-state index contributed by atoms with van der Waals surface area (Å²) in [5.74, 6) is -0.335. The SMILES string of the molecule is CCOC(=O)C=Cc1c(-c2ccccc2)n(-c2ccccc2)c2ccccc12. The van der Waals surface area contributed by atoms with Crippen molar-refractivity contribution >= 4 is 22.9 Å². The van der Waals surface area contributed by atoms with Crippen LogP contribution in [0.3, 0.4) is 0 Å². The summed E-state index contributed by atoms with van der Waals surface area (Å²) in [6.45, 7) is 2.17. The predicted octanol–water partition coefficient (Wildman–Crippen LogP) is 5.87. The van der Waals surface area contributed by atoms with Crippen molar-refractivity contribution in [2.45, 2.75) is 6.92 Å². The van der Waals surface area contributed by atoms with Gasteiger partial charge in [0.1, 0.15) is 0 Å². The number of aromatic nitrogens is 1. The first-order valence-electron chi connectivity index (χ1n) is 9.38. The summed E-state index contributed by atoms with van der Waals surface area (Å²) in [4.78, 5) is 12.0. The summed E-state index contributed by atoms with van der Waals surface area (Å²) < 4.78 is 7.33. The average Bonchev–Trinajstić information content (AvgIpc) is 3.08. The first-order chi connectivity index (χ1) is 13.8. The van der Waals surface area contributed by atoms with E-state index >= 15 is 0 Å². The number of hydrogen-bond donors (Lipinski definition) is 0. The molecule has 0 aliphatic heterocycles. The standard InChI is InChI=1S/C25H21NO2/c1-2-28-24(27)18-17-22-21-15-9-10-16-23(21)26(20-13-7-4-8-14-20)25(22)19-11-5-3-6-12-19/h3-18H,2H2,1H3. The maximum absolute atomic E-state index is 12.0. The second kappa shape index (κ2) is 7.97. The Morgan fingerprint density at radius 3 is 2.25 bits per heavy atom. The molecule has 3 aromatic carbocycles. The minimum absolute atomic E-state index is 0.335. The summed E-state index contributed by atoms with van der Waals surface area (Å²) in [6, 6.07) is 28.8. The Bertz CT molecular complexity index is 1130. The second-order valence-corrected chi connectivity index (χ2v) is 6.40. The van der Waals surface area contributed by atoms with Gasteiger partial charge < -0.3 is 9.30 Å². The van der Waals surface area contributed by atoms with Gasteiger partial charge in [-0.25, -0.2) is 4.79 Å². The summed E-state index contributed by atoms with van der Waals surface area (Å²) >= 11 is 0. The molecule has 1 aromatic heterocycles. The summed E-state index contributed by atoms with van der Waals surface area (Å²) in [6.07, 6.45) is 3.37. The molecule has 0 fully saturated rings. The van der Waals surface area contributed by atoms with Crippen LogP contribution in [0.4, 0.5) is 0 Å². The smallest absolute Gasteiger partial charge is 0.330 e. The van der Waals surface area contributed by atoms with Gasteiger partial charge in [-0.1, -0.05) is 66.7 Å². The number of carbonyl (C=O) groups is 1. The Hall–Kier alpha value is -3.59. The molecule has 4 rings (SSSR count).